The molecule has 1 heteroatoms. The van der Waals surface area contributed by atoms with Gasteiger partial charge in [-0.15, -0.1) is 0 Å². The highest BCUT2D eigenvalue weighted by Crippen LogP contribution is 2.53. The third-order valence-electron chi connectivity index (χ3n) is 5.35. The van der Waals surface area contributed by atoms with Crippen LogP contribution in [-0.4, -0.2) is 6.54 Å². The van der Waals surface area contributed by atoms with Crippen molar-refractivity contribution < 1.29 is 0 Å². The Morgan fingerprint density at radius 2 is 2.12 bits per heavy atom. The van der Waals surface area contributed by atoms with Crippen molar-refractivity contribution in [1.29, 1.82) is 0 Å². The summed E-state index contributed by atoms with van der Waals surface area (Å²) in [5.41, 5.74) is 7.56. The molecule has 3 aliphatic carbocycles. The average Bonchev–Trinajstić information content (AvgIpc) is 2.63. The second-order valence-corrected chi connectivity index (χ2v) is 6.59. The first-order chi connectivity index (χ1) is 7.76. The maximum absolute atomic E-state index is 5.74. The molecular formula is C15H25N. The molecule has 0 radical (unpaired) electrons. The Morgan fingerprint density at radius 1 is 1.31 bits per heavy atom. The summed E-state index contributed by atoms with van der Waals surface area (Å²) in [5.74, 6) is 4.84. The van der Waals surface area contributed by atoms with E-state index in [9.17, 15) is 0 Å². The van der Waals surface area contributed by atoms with Gasteiger partial charge in [-0.3, -0.25) is 0 Å². The first-order valence-corrected chi connectivity index (χ1v) is 7.15. The molecule has 2 saturated carbocycles. The van der Waals surface area contributed by atoms with E-state index < -0.39 is 0 Å². The molecule has 0 saturated heterocycles. The molecule has 0 heterocycles. The maximum Gasteiger partial charge on any atom is -0.00514 e. The lowest BCUT2D eigenvalue weighted by Crippen LogP contribution is -2.27. The molecule has 90 valence electrons. The third-order valence-corrected chi connectivity index (χ3v) is 5.35. The Morgan fingerprint density at radius 3 is 2.81 bits per heavy atom. The van der Waals surface area contributed by atoms with E-state index in [1.54, 1.807) is 0 Å². The first-order valence-electron chi connectivity index (χ1n) is 7.15. The molecule has 0 spiro atoms. The zero-order chi connectivity index (χ0) is 11.1. The van der Waals surface area contributed by atoms with Crippen LogP contribution in [0.1, 0.15) is 45.4 Å². The quantitative estimate of drug-likeness (QED) is 0.724. The highest BCUT2D eigenvalue weighted by molar-refractivity contribution is 5.22. The lowest BCUT2D eigenvalue weighted by Gasteiger charge is -2.39. The van der Waals surface area contributed by atoms with Gasteiger partial charge in [-0.05, 0) is 74.7 Å². The second-order valence-electron chi connectivity index (χ2n) is 6.59. The minimum Gasteiger partial charge on any atom is -0.330 e. The van der Waals surface area contributed by atoms with Crippen molar-refractivity contribution >= 4 is 0 Å². The summed E-state index contributed by atoms with van der Waals surface area (Å²) >= 11 is 0. The Bertz CT molecular complexity index is 294. The van der Waals surface area contributed by atoms with Crippen LogP contribution >= 0.6 is 0 Å². The molecule has 0 aromatic heterocycles. The molecular weight excluding hydrogens is 194 g/mol. The van der Waals surface area contributed by atoms with Crippen molar-refractivity contribution in [3.63, 3.8) is 0 Å². The summed E-state index contributed by atoms with van der Waals surface area (Å²) in [6.45, 7) is 3.19. The largest absolute Gasteiger partial charge is 0.330 e. The molecule has 3 rings (SSSR count). The van der Waals surface area contributed by atoms with Gasteiger partial charge in [0.05, 0.1) is 0 Å². The molecule has 0 aliphatic heterocycles. The SMILES string of the molecule is C[C@H](CN)CC1CC2CC3CC=C3C[C@H]2C1. The minimum absolute atomic E-state index is 0.737. The van der Waals surface area contributed by atoms with Crippen molar-refractivity contribution in [2.45, 2.75) is 45.4 Å². The lowest BCUT2D eigenvalue weighted by molar-refractivity contribution is 0.248. The van der Waals surface area contributed by atoms with Gasteiger partial charge >= 0.3 is 0 Å². The molecule has 0 amide bonds. The summed E-state index contributed by atoms with van der Waals surface area (Å²) in [6, 6.07) is 0. The van der Waals surface area contributed by atoms with Gasteiger partial charge in [-0.1, -0.05) is 18.6 Å². The number of allylic oxidation sites excluding steroid dienone is 2. The Labute approximate surface area is 99.5 Å². The predicted molar refractivity (Wildman–Crippen MR) is 68.0 cm³/mol. The van der Waals surface area contributed by atoms with Gasteiger partial charge in [-0.25, -0.2) is 0 Å². The van der Waals surface area contributed by atoms with E-state index in [2.05, 4.69) is 13.0 Å². The van der Waals surface area contributed by atoms with E-state index in [-0.39, 0.29) is 0 Å². The minimum atomic E-state index is 0.737. The summed E-state index contributed by atoms with van der Waals surface area (Å²) < 4.78 is 0. The summed E-state index contributed by atoms with van der Waals surface area (Å²) in [5, 5.41) is 0. The highest BCUT2D eigenvalue weighted by atomic mass is 14.5. The number of rotatable bonds is 3. The van der Waals surface area contributed by atoms with Gasteiger partial charge in [0.25, 0.3) is 0 Å². The smallest absolute Gasteiger partial charge is 0.00514 e. The van der Waals surface area contributed by atoms with E-state index in [4.69, 9.17) is 5.73 Å². The van der Waals surface area contributed by atoms with Gasteiger partial charge in [0.15, 0.2) is 0 Å². The van der Waals surface area contributed by atoms with E-state index in [0.717, 1.165) is 36.1 Å². The second kappa shape index (κ2) is 4.18. The van der Waals surface area contributed by atoms with Crippen LogP contribution in [0.5, 0.6) is 0 Å². The third kappa shape index (κ3) is 1.84. The zero-order valence-electron chi connectivity index (χ0n) is 10.5. The van der Waals surface area contributed by atoms with Gasteiger partial charge in [0.1, 0.15) is 0 Å². The van der Waals surface area contributed by atoms with Crippen LogP contribution in [0.15, 0.2) is 11.6 Å². The topological polar surface area (TPSA) is 26.0 Å². The number of fused-ring (bicyclic) bond motifs is 2. The maximum atomic E-state index is 5.74. The summed E-state index contributed by atoms with van der Waals surface area (Å²) in [6.07, 6.45) is 11.2. The van der Waals surface area contributed by atoms with Crippen molar-refractivity contribution in [1.82, 2.24) is 0 Å². The molecule has 0 aromatic carbocycles. The molecule has 1 nitrogen and oxygen atoms in total. The van der Waals surface area contributed by atoms with E-state index in [1.165, 1.54) is 38.5 Å². The monoisotopic (exact) mass is 219 g/mol. The van der Waals surface area contributed by atoms with Gasteiger partial charge in [0, 0.05) is 0 Å². The Balaban J connectivity index is 1.58. The fourth-order valence-corrected chi connectivity index (χ4v) is 4.35. The first kappa shape index (κ1) is 10.8. The molecule has 2 fully saturated rings. The van der Waals surface area contributed by atoms with Gasteiger partial charge in [-0.2, -0.15) is 0 Å². The van der Waals surface area contributed by atoms with Crippen LogP contribution in [0.3, 0.4) is 0 Å². The van der Waals surface area contributed by atoms with Crippen LogP contribution in [0.25, 0.3) is 0 Å². The molecule has 0 bridgehead atoms. The normalized spacial score (nSPS) is 43.0. The number of nitrogens with two attached hydrogens (primary N) is 1. The van der Waals surface area contributed by atoms with Gasteiger partial charge in [0.2, 0.25) is 0 Å². The molecule has 16 heavy (non-hydrogen) atoms. The van der Waals surface area contributed by atoms with Crippen molar-refractivity contribution in [2.24, 2.45) is 35.3 Å². The summed E-state index contributed by atoms with van der Waals surface area (Å²) in [4.78, 5) is 0. The fourth-order valence-electron chi connectivity index (χ4n) is 4.35. The van der Waals surface area contributed by atoms with Crippen LogP contribution in [0.2, 0.25) is 0 Å². The highest BCUT2D eigenvalue weighted by Gasteiger charge is 2.42. The van der Waals surface area contributed by atoms with E-state index in [1.807, 2.05) is 5.57 Å². The molecule has 2 N–H and O–H groups in total. The standard InChI is InChI=1S/C15H25N/c1-10(9-16)4-11-5-14-7-12-2-3-13(12)8-15(14)6-11/h2,10-11,13-15H,3-9,16H2,1H3/t10-,11?,13?,14+,15?/m0/s1. The van der Waals surface area contributed by atoms with Crippen LogP contribution in [0.4, 0.5) is 0 Å². The lowest BCUT2D eigenvalue weighted by atomic mass is 9.67. The van der Waals surface area contributed by atoms with Crippen molar-refractivity contribution in [3.05, 3.63) is 11.6 Å². The van der Waals surface area contributed by atoms with Crippen molar-refractivity contribution in [2.75, 3.05) is 6.54 Å². The van der Waals surface area contributed by atoms with E-state index in [0.29, 0.717) is 0 Å². The Kier molecular flexibility index (Phi) is 2.83. The van der Waals surface area contributed by atoms with E-state index >= 15 is 0 Å². The Hall–Kier alpha value is -0.300. The molecule has 0 aromatic rings. The number of hydrogen-bond acceptors (Lipinski definition) is 1. The average molecular weight is 219 g/mol. The fraction of sp³-hybridized carbons (Fsp3) is 0.867. The number of hydrogen-bond donors (Lipinski definition) is 1. The molecule has 3 aliphatic rings. The van der Waals surface area contributed by atoms with Crippen LogP contribution < -0.4 is 5.73 Å². The van der Waals surface area contributed by atoms with Crippen molar-refractivity contribution in [3.8, 4) is 0 Å². The predicted octanol–water partition coefficient (Wildman–Crippen LogP) is 3.35. The van der Waals surface area contributed by atoms with Crippen LogP contribution in [0, 0.1) is 29.6 Å². The van der Waals surface area contributed by atoms with Gasteiger partial charge < -0.3 is 5.73 Å². The summed E-state index contributed by atoms with van der Waals surface area (Å²) in [7, 11) is 0. The molecule has 3 unspecified atom stereocenters. The van der Waals surface area contributed by atoms with Crippen LogP contribution in [-0.2, 0) is 0 Å². The zero-order valence-corrected chi connectivity index (χ0v) is 10.5. The molecule has 5 atom stereocenters.